The van der Waals surface area contributed by atoms with E-state index in [1.165, 1.54) is 62.3 Å². The van der Waals surface area contributed by atoms with Gasteiger partial charge in [-0.2, -0.15) is 0 Å². The van der Waals surface area contributed by atoms with E-state index < -0.39 is 8.80 Å². The van der Waals surface area contributed by atoms with Gasteiger partial charge in [-0.3, -0.25) is 0 Å². The fraction of sp³-hybridized carbons (Fsp3) is 0.256. The molecule has 10 rings (SSSR count). The van der Waals surface area contributed by atoms with Crippen LogP contribution in [0.3, 0.4) is 0 Å². The molecule has 1 aromatic heterocycles. The maximum Gasteiger partial charge on any atom is 0.130 e. The molecule has 3 nitrogen and oxygen atoms in total. The summed E-state index contributed by atoms with van der Waals surface area (Å²) in [6.45, 7) is 2.57. The van der Waals surface area contributed by atoms with Crippen LogP contribution >= 0.6 is 0 Å². The molecule has 4 aromatic rings. The van der Waals surface area contributed by atoms with Gasteiger partial charge in [0.25, 0.3) is 0 Å². The largest absolute Gasteiger partial charge is 0.460 e. The molecule has 4 heteroatoms. The van der Waals surface area contributed by atoms with Crippen LogP contribution in [0.25, 0.3) is 27.5 Å². The Balaban J connectivity index is 1.14. The van der Waals surface area contributed by atoms with Crippen molar-refractivity contribution >= 4 is 42.0 Å². The Labute approximate surface area is 278 Å². The highest BCUT2D eigenvalue weighted by atomic mass is 28.3. The quantitative estimate of drug-likeness (QED) is 0.210. The molecule has 3 aromatic carbocycles. The van der Waals surface area contributed by atoms with Crippen LogP contribution in [0.5, 0.6) is 5.75 Å². The zero-order valence-electron chi connectivity index (χ0n) is 27.0. The fourth-order valence-electron chi connectivity index (χ4n) is 9.44. The zero-order chi connectivity index (χ0) is 31.1. The smallest absolute Gasteiger partial charge is 0.130 e. The van der Waals surface area contributed by atoms with Gasteiger partial charge >= 0.3 is 0 Å². The second-order valence-electron chi connectivity index (χ2n) is 13.9. The van der Waals surface area contributed by atoms with Crippen molar-refractivity contribution in [3.63, 3.8) is 0 Å². The molecular weight excluding hydrogens is 589 g/mol. The minimum atomic E-state index is -0.777. The van der Waals surface area contributed by atoms with Crippen LogP contribution in [-0.2, 0) is 0 Å². The van der Waals surface area contributed by atoms with Crippen molar-refractivity contribution in [2.75, 3.05) is 4.90 Å². The van der Waals surface area contributed by atoms with Crippen LogP contribution in [0.2, 0.25) is 12.1 Å². The van der Waals surface area contributed by atoms with E-state index in [4.69, 9.17) is 4.74 Å². The van der Waals surface area contributed by atoms with Gasteiger partial charge in [-0.05, 0) is 92.3 Å². The normalized spacial score (nSPS) is 24.7. The number of aromatic nitrogens is 1. The Morgan fingerprint density at radius 2 is 1.66 bits per heavy atom. The molecule has 1 radical (unpaired) electrons. The second kappa shape index (κ2) is 10.7. The van der Waals surface area contributed by atoms with E-state index >= 15 is 0 Å². The predicted molar refractivity (Wildman–Crippen MR) is 197 cm³/mol. The maximum atomic E-state index is 6.70. The summed E-state index contributed by atoms with van der Waals surface area (Å²) in [6, 6.07) is 24.7. The van der Waals surface area contributed by atoms with Crippen LogP contribution in [-0.4, -0.2) is 13.4 Å². The van der Waals surface area contributed by atoms with E-state index in [1.54, 1.807) is 10.8 Å². The molecule has 47 heavy (non-hydrogen) atoms. The Bertz CT molecular complexity index is 2200. The Morgan fingerprint density at radius 3 is 2.53 bits per heavy atom. The monoisotopic (exact) mass is 627 g/mol. The number of benzene rings is 3. The van der Waals surface area contributed by atoms with Crippen molar-refractivity contribution in [1.29, 1.82) is 0 Å². The molecule has 0 spiro atoms. The summed E-state index contributed by atoms with van der Waals surface area (Å²) >= 11 is 0. The molecule has 1 fully saturated rings. The van der Waals surface area contributed by atoms with Crippen molar-refractivity contribution in [1.82, 2.24) is 4.57 Å². The standard InChI is InChI=1S/C43H39N2OSi/c1-47-39-26-25-34-32-18-9-11-22-38(32)46-43(34)41(39)35-24-23-30(27-40(35)47)44(28-13-4-2-5-14-28)37-21-12-19-33-31-17-8-10-20-36(31)45(42(33)37)29-15-6-3-7-16-29/h2-4,6,8-13,15,17-22,26-27,34-35,40H,5,7,14,16,23-25H2,1H3. The number of allylic oxidation sites excluding steroid dienone is 14. The van der Waals surface area contributed by atoms with Gasteiger partial charge in [-0.25, -0.2) is 0 Å². The number of ether oxygens (including phenoxy) is 1. The number of anilines is 1. The number of rotatable bonds is 4. The lowest BCUT2D eigenvalue weighted by Gasteiger charge is -2.37. The molecule has 0 N–H and O–H groups in total. The van der Waals surface area contributed by atoms with E-state index in [1.807, 2.05) is 0 Å². The lowest BCUT2D eigenvalue weighted by Crippen LogP contribution is -2.28. The van der Waals surface area contributed by atoms with Gasteiger partial charge in [-0.15, -0.1) is 0 Å². The molecule has 3 unspecified atom stereocenters. The predicted octanol–water partition coefficient (Wildman–Crippen LogP) is 11.1. The zero-order valence-corrected chi connectivity index (χ0v) is 28.0. The third-order valence-corrected chi connectivity index (χ3v) is 14.4. The van der Waals surface area contributed by atoms with E-state index in [9.17, 15) is 0 Å². The first-order valence-electron chi connectivity index (χ1n) is 17.6. The molecule has 6 aliphatic rings. The van der Waals surface area contributed by atoms with E-state index in [-0.39, 0.29) is 0 Å². The number of para-hydroxylation sites is 3. The summed E-state index contributed by atoms with van der Waals surface area (Å²) in [5, 5.41) is 4.32. The number of fused-ring (bicyclic) bond motifs is 9. The van der Waals surface area contributed by atoms with Gasteiger partial charge in [0, 0.05) is 39.3 Å². The molecular formula is C43H39N2OSi. The first-order chi connectivity index (χ1) is 23.3. The molecule has 0 amide bonds. The first kappa shape index (κ1) is 27.6. The molecule has 0 saturated carbocycles. The SMILES string of the molecule is C[Si]1C2=CCC3C(=C2C2CCC(N(C4=CC=CCC4)c4cccc5c6ccccc6n(C6=CC=CCC6)c45)=CC21)Oc1ccccc13. The lowest BCUT2D eigenvalue weighted by atomic mass is 9.79. The van der Waals surface area contributed by atoms with Gasteiger partial charge in [0.2, 0.25) is 0 Å². The maximum absolute atomic E-state index is 6.70. The summed E-state index contributed by atoms with van der Waals surface area (Å²) in [7, 11) is -0.777. The van der Waals surface area contributed by atoms with Gasteiger partial charge < -0.3 is 14.2 Å². The molecule has 1 saturated heterocycles. The summed E-state index contributed by atoms with van der Waals surface area (Å²) in [4.78, 5) is 2.69. The molecule has 3 atom stereocenters. The molecule has 2 aliphatic heterocycles. The van der Waals surface area contributed by atoms with Crippen LogP contribution in [0.1, 0.15) is 56.4 Å². The Kier molecular flexibility index (Phi) is 6.30. The average molecular weight is 628 g/mol. The summed E-state index contributed by atoms with van der Waals surface area (Å²) in [5.74, 6) is 3.30. The summed E-state index contributed by atoms with van der Waals surface area (Å²) in [5.41, 5.74) is 11.8. The average Bonchev–Trinajstić information content (AvgIpc) is 3.77. The van der Waals surface area contributed by atoms with Crippen molar-refractivity contribution in [2.24, 2.45) is 5.92 Å². The van der Waals surface area contributed by atoms with E-state index in [0.29, 0.717) is 17.4 Å². The molecule has 3 heterocycles. The third kappa shape index (κ3) is 4.10. The van der Waals surface area contributed by atoms with Gasteiger partial charge in [0.05, 0.1) is 25.5 Å². The summed E-state index contributed by atoms with van der Waals surface area (Å²) < 4.78 is 9.28. The van der Waals surface area contributed by atoms with Crippen molar-refractivity contribution in [3.05, 3.63) is 149 Å². The highest BCUT2D eigenvalue weighted by molar-refractivity contribution is 6.70. The van der Waals surface area contributed by atoms with Gasteiger partial charge in [0.1, 0.15) is 11.5 Å². The number of hydrogen-bond donors (Lipinski definition) is 0. The summed E-state index contributed by atoms with van der Waals surface area (Å²) in [6.07, 6.45) is 26.7. The van der Waals surface area contributed by atoms with Crippen molar-refractivity contribution < 1.29 is 4.74 Å². The van der Waals surface area contributed by atoms with Crippen LogP contribution in [0.15, 0.2) is 143 Å². The van der Waals surface area contributed by atoms with Crippen LogP contribution in [0, 0.1) is 5.92 Å². The van der Waals surface area contributed by atoms with Crippen LogP contribution < -0.4 is 9.64 Å². The minimum absolute atomic E-state index is 0.392. The number of hydrogen-bond acceptors (Lipinski definition) is 2. The van der Waals surface area contributed by atoms with Crippen molar-refractivity contribution in [2.45, 2.75) is 63.0 Å². The van der Waals surface area contributed by atoms with Gasteiger partial charge in [0.15, 0.2) is 0 Å². The lowest BCUT2D eigenvalue weighted by molar-refractivity contribution is 0.402. The topological polar surface area (TPSA) is 17.4 Å². The minimum Gasteiger partial charge on any atom is -0.460 e. The molecule has 231 valence electrons. The number of nitrogens with zero attached hydrogens (tertiary/aromatic N) is 2. The Morgan fingerprint density at radius 1 is 0.830 bits per heavy atom. The van der Waals surface area contributed by atoms with Crippen molar-refractivity contribution in [3.8, 4) is 5.75 Å². The third-order valence-electron chi connectivity index (χ3n) is 11.5. The van der Waals surface area contributed by atoms with Gasteiger partial charge in [-0.1, -0.05) is 96.7 Å². The van der Waals surface area contributed by atoms with E-state index in [2.05, 4.69) is 131 Å². The first-order valence-corrected chi connectivity index (χ1v) is 19.6. The highest BCUT2D eigenvalue weighted by Crippen LogP contribution is 2.58. The Hall–Kier alpha value is -4.54. The highest BCUT2D eigenvalue weighted by Gasteiger charge is 2.49. The molecule has 0 bridgehead atoms. The molecule has 4 aliphatic carbocycles. The van der Waals surface area contributed by atoms with Crippen LogP contribution in [0.4, 0.5) is 5.69 Å². The second-order valence-corrected chi connectivity index (χ2v) is 16.5. The van der Waals surface area contributed by atoms with E-state index in [0.717, 1.165) is 44.3 Å². The fourth-order valence-corrected chi connectivity index (χ4v) is 12.3.